The molecule has 2 rings (SSSR count). The molecule has 0 aliphatic carbocycles. The van der Waals surface area contributed by atoms with Crippen LogP contribution in [0.1, 0.15) is 41.9 Å². The lowest BCUT2D eigenvalue weighted by Gasteiger charge is -2.25. The standard InChI is InChI=1S/C15H25N3O/c1-4-17(5-2)9-10-18-8-6-7-13-14(15(18)19)12(3)11-16-13/h11,16H,4-10H2,1-3H3. The molecule has 0 fully saturated rings. The average Bonchev–Trinajstić information content (AvgIpc) is 2.69. The number of hydrogen-bond donors (Lipinski definition) is 1. The molecule has 0 radical (unpaired) electrons. The molecule has 1 aliphatic rings. The monoisotopic (exact) mass is 263 g/mol. The minimum Gasteiger partial charge on any atom is -0.364 e. The van der Waals surface area contributed by atoms with Gasteiger partial charge in [0, 0.05) is 31.5 Å². The number of hydrogen-bond acceptors (Lipinski definition) is 2. The number of nitrogens with zero attached hydrogens (tertiary/aromatic N) is 2. The molecule has 1 aromatic heterocycles. The van der Waals surface area contributed by atoms with Gasteiger partial charge in [-0.3, -0.25) is 4.79 Å². The zero-order chi connectivity index (χ0) is 13.8. The van der Waals surface area contributed by atoms with Gasteiger partial charge in [0.25, 0.3) is 5.91 Å². The normalized spacial score (nSPS) is 15.8. The summed E-state index contributed by atoms with van der Waals surface area (Å²) in [7, 11) is 0. The molecule has 0 saturated heterocycles. The number of fused-ring (bicyclic) bond motifs is 1. The fourth-order valence-corrected chi connectivity index (χ4v) is 2.79. The topological polar surface area (TPSA) is 39.3 Å². The number of carbonyl (C=O) groups excluding carboxylic acids is 1. The molecule has 0 unspecified atom stereocenters. The Hall–Kier alpha value is -1.29. The van der Waals surface area contributed by atoms with E-state index in [1.54, 1.807) is 0 Å². The van der Waals surface area contributed by atoms with Crippen molar-refractivity contribution in [3.63, 3.8) is 0 Å². The van der Waals surface area contributed by atoms with Crippen molar-refractivity contribution >= 4 is 5.91 Å². The van der Waals surface area contributed by atoms with Crippen molar-refractivity contribution in [2.45, 2.75) is 33.6 Å². The predicted molar refractivity (Wildman–Crippen MR) is 77.5 cm³/mol. The number of aromatic nitrogens is 1. The summed E-state index contributed by atoms with van der Waals surface area (Å²) < 4.78 is 0. The molecule has 106 valence electrons. The first-order valence-corrected chi connectivity index (χ1v) is 7.35. The largest absolute Gasteiger partial charge is 0.364 e. The number of H-pyrrole nitrogens is 1. The van der Waals surface area contributed by atoms with Gasteiger partial charge in [-0.25, -0.2) is 0 Å². The molecule has 0 bridgehead atoms. The van der Waals surface area contributed by atoms with Gasteiger partial charge in [-0.15, -0.1) is 0 Å². The third-order valence-electron chi connectivity index (χ3n) is 4.10. The number of aromatic amines is 1. The van der Waals surface area contributed by atoms with Crippen molar-refractivity contribution in [3.05, 3.63) is 23.0 Å². The Kier molecular flexibility index (Phi) is 4.64. The first kappa shape index (κ1) is 14.1. The van der Waals surface area contributed by atoms with Crippen LogP contribution >= 0.6 is 0 Å². The first-order valence-electron chi connectivity index (χ1n) is 7.35. The van der Waals surface area contributed by atoms with E-state index in [4.69, 9.17) is 0 Å². The summed E-state index contributed by atoms with van der Waals surface area (Å²) in [5.41, 5.74) is 3.11. The number of amides is 1. The Morgan fingerprint density at radius 3 is 2.79 bits per heavy atom. The summed E-state index contributed by atoms with van der Waals surface area (Å²) in [6, 6.07) is 0. The van der Waals surface area contributed by atoms with Gasteiger partial charge in [0.15, 0.2) is 0 Å². The smallest absolute Gasteiger partial charge is 0.255 e. The van der Waals surface area contributed by atoms with Crippen LogP contribution in [0.25, 0.3) is 0 Å². The van der Waals surface area contributed by atoms with Gasteiger partial charge >= 0.3 is 0 Å². The molecule has 1 amide bonds. The first-order chi connectivity index (χ1) is 9.17. The molecule has 0 spiro atoms. The van der Waals surface area contributed by atoms with Gasteiger partial charge < -0.3 is 14.8 Å². The van der Waals surface area contributed by atoms with E-state index in [9.17, 15) is 4.79 Å². The Morgan fingerprint density at radius 2 is 2.11 bits per heavy atom. The van der Waals surface area contributed by atoms with Gasteiger partial charge in [-0.1, -0.05) is 13.8 Å². The van der Waals surface area contributed by atoms with E-state index in [-0.39, 0.29) is 5.91 Å². The molecule has 0 saturated carbocycles. The highest BCUT2D eigenvalue weighted by Gasteiger charge is 2.25. The van der Waals surface area contributed by atoms with Gasteiger partial charge in [0.05, 0.1) is 5.56 Å². The van der Waals surface area contributed by atoms with Crippen LogP contribution in [0.5, 0.6) is 0 Å². The lowest BCUT2D eigenvalue weighted by atomic mass is 10.1. The number of rotatable bonds is 5. The van der Waals surface area contributed by atoms with E-state index in [1.165, 1.54) is 0 Å². The SMILES string of the molecule is CCN(CC)CCN1CCCc2[nH]cc(C)c2C1=O. The van der Waals surface area contributed by atoms with Crippen LogP contribution in [0.15, 0.2) is 6.20 Å². The number of nitrogens with one attached hydrogen (secondary N) is 1. The van der Waals surface area contributed by atoms with E-state index in [2.05, 4.69) is 23.7 Å². The lowest BCUT2D eigenvalue weighted by Crippen LogP contribution is -2.38. The number of aryl methyl sites for hydroxylation is 2. The Morgan fingerprint density at radius 1 is 1.37 bits per heavy atom. The Bertz CT molecular complexity index is 435. The molecule has 0 atom stereocenters. The minimum absolute atomic E-state index is 0.207. The molecular weight excluding hydrogens is 238 g/mol. The third-order valence-corrected chi connectivity index (χ3v) is 4.10. The zero-order valence-electron chi connectivity index (χ0n) is 12.3. The summed E-state index contributed by atoms with van der Waals surface area (Å²) in [5.74, 6) is 0.207. The van der Waals surface area contributed by atoms with Crippen molar-refractivity contribution in [2.24, 2.45) is 0 Å². The molecule has 0 aromatic carbocycles. The molecule has 4 nitrogen and oxygen atoms in total. The van der Waals surface area contributed by atoms with E-state index in [0.29, 0.717) is 0 Å². The van der Waals surface area contributed by atoms with Crippen molar-refractivity contribution in [1.82, 2.24) is 14.8 Å². The molecule has 2 heterocycles. The summed E-state index contributed by atoms with van der Waals surface area (Å²) >= 11 is 0. The summed E-state index contributed by atoms with van der Waals surface area (Å²) in [6.45, 7) is 11.1. The van der Waals surface area contributed by atoms with E-state index >= 15 is 0 Å². The predicted octanol–water partition coefficient (Wildman–Crippen LogP) is 2.05. The zero-order valence-corrected chi connectivity index (χ0v) is 12.3. The van der Waals surface area contributed by atoms with Crippen molar-refractivity contribution in [1.29, 1.82) is 0 Å². The highest BCUT2D eigenvalue weighted by Crippen LogP contribution is 2.21. The van der Waals surface area contributed by atoms with Crippen molar-refractivity contribution < 1.29 is 4.79 Å². The fourth-order valence-electron chi connectivity index (χ4n) is 2.79. The molecule has 19 heavy (non-hydrogen) atoms. The third kappa shape index (κ3) is 3.00. The Balaban J connectivity index is 2.06. The van der Waals surface area contributed by atoms with E-state index < -0.39 is 0 Å². The van der Waals surface area contributed by atoms with Crippen LogP contribution in [0, 0.1) is 6.92 Å². The molecular formula is C15H25N3O. The van der Waals surface area contributed by atoms with Gasteiger partial charge in [0.1, 0.15) is 0 Å². The lowest BCUT2D eigenvalue weighted by molar-refractivity contribution is 0.0742. The number of carbonyl (C=O) groups is 1. The maximum absolute atomic E-state index is 12.6. The van der Waals surface area contributed by atoms with E-state index in [0.717, 1.165) is 62.4 Å². The maximum Gasteiger partial charge on any atom is 0.255 e. The minimum atomic E-state index is 0.207. The van der Waals surface area contributed by atoms with Crippen LogP contribution in [0.3, 0.4) is 0 Å². The summed E-state index contributed by atoms with van der Waals surface area (Å²) in [5, 5.41) is 0. The summed E-state index contributed by atoms with van der Waals surface area (Å²) in [4.78, 5) is 20.2. The Labute approximate surface area is 115 Å². The van der Waals surface area contributed by atoms with Crippen LogP contribution in [-0.2, 0) is 6.42 Å². The molecule has 1 N–H and O–H groups in total. The average molecular weight is 263 g/mol. The maximum atomic E-state index is 12.6. The quantitative estimate of drug-likeness (QED) is 0.883. The second-order valence-corrected chi connectivity index (χ2v) is 5.25. The van der Waals surface area contributed by atoms with Crippen LogP contribution in [0.4, 0.5) is 0 Å². The highest BCUT2D eigenvalue weighted by atomic mass is 16.2. The van der Waals surface area contributed by atoms with Crippen LogP contribution in [-0.4, -0.2) is 53.4 Å². The highest BCUT2D eigenvalue weighted by molar-refractivity contribution is 5.97. The van der Waals surface area contributed by atoms with Gasteiger partial charge in [0.2, 0.25) is 0 Å². The van der Waals surface area contributed by atoms with E-state index in [1.807, 2.05) is 18.0 Å². The van der Waals surface area contributed by atoms with Crippen LogP contribution < -0.4 is 0 Å². The molecule has 4 heteroatoms. The van der Waals surface area contributed by atoms with Crippen LogP contribution in [0.2, 0.25) is 0 Å². The van der Waals surface area contributed by atoms with Crippen molar-refractivity contribution in [2.75, 3.05) is 32.7 Å². The fraction of sp³-hybridized carbons (Fsp3) is 0.667. The molecule has 1 aromatic rings. The summed E-state index contributed by atoms with van der Waals surface area (Å²) in [6.07, 6.45) is 3.99. The van der Waals surface area contributed by atoms with Crippen molar-refractivity contribution in [3.8, 4) is 0 Å². The second kappa shape index (κ2) is 6.24. The van der Waals surface area contributed by atoms with Gasteiger partial charge in [-0.2, -0.15) is 0 Å². The molecule has 1 aliphatic heterocycles. The second-order valence-electron chi connectivity index (χ2n) is 5.25. The van der Waals surface area contributed by atoms with Gasteiger partial charge in [-0.05, 0) is 38.4 Å². The number of likely N-dealkylation sites (N-methyl/N-ethyl adjacent to an activating group) is 1.